The summed E-state index contributed by atoms with van der Waals surface area (Å²) < 4.78 is 52.0. The third kappa shape index (κ3) is 9.79. The van der Waals surface area contributed by atoms with Crippen molar-refractivity contribution < 1.29 is 46.9 Å². The third-order valence-electron chi connectivity index (χ3n) is 5.61. The van der Waals surface area contributed by atoms with Gasteiger partial charge in [0.2, 0.25) is 5.91 Å². The number of aliphatic carboxylic acids is 1. The van der Waals surface area contributed by atoms with Crippen molar-refractivity contribution in [2.24, 2.45) is 11.0 Å². The van der Waals surface area contributed by atoms with E-state index in [1.165, 1.54) is 30.3 Å². The van der Waals surface area contributed by atoms with Gasteiger partial charge in [-0.3, -0.25) is 14.9 Å². The zero-order valence-electron chi connectivity index (χ0n) is 22.6. The van der Waals surface area contributed by atoms with E-state index in [9.17, 15) is 27.6 Å². The summed E-state index contributed by atoms with van der Waals surface area (Å²) in [5, 5.41) is 16.2. The van der Waals surface area contributed by atoms with Gasteiger partial charge in [0.15, 0.2) is 11.5 Å². The molecular weight excluding hydrogens is 535 g/mol. The second kappa shape index (κ2) is 14.8. The van der Waals surface area contributed by atoms with Gasteiger partial charge in [-0.1, -0.05) is 26.0 Å². The number of ether oxygens (including phenoxy) is 3. The number of carbonyl (C=O) groups excluding carboxylic acids is 2. The van der Waals surface area contributed by atoms with Crippen LogP contribution in [0.4, 0.5) is 23.7 Å². The fourth-order valence-corrected chi connectivity index (χ4v) is 3.62. The average Bonchev–Trinajstić information content (AvgIpc) is 2.90. The first kappa shape index (κ1) is 31.9. The molecule has 10 nitrogen and oxygen atoms in total. The molecule has 0 radical (unpaired) electrons. The molecule has 3 rings (SSSR count). The minimum atomic E-state index is -4.85. The molecule has 2 aromatic rings. The van der Waals surface area contributed by atoms with E-state index in [4.69, 9.17) is 14.6 Å². The zero-order chi connectivity index (χ0) is 29.9. The van der Waals surface area contributed by atoms with Crippen LogP contribution >= 0.6 is 0 Å². The van der Waals surface area contributed by atoms with Crippen molar-refractivity contribution >= 4 is 29.4 Å². The van der Waals surface area contributed by atoms with E-state index in [2.05, 4.69) is 15.2 Å². The fraction of sp³-hybridized carbons (Fsp3) is 0.407. The lowest BCUT2D eigenvalue weighted by atomic mass is 9.89. The molecule has 1 unspecified atom stereocenters. The summed E-state index contributed by atoms with van der Waals surface area (Å²) in [4.78, 5) is 33.7. The van der Waals surface area contributed by atoms with Crippen molar-refractivity contribution in [1.82, 2.24) is 5.01 Å². The van der Waals surface area contributed by atoms with Gasteiger partial charge in [0.05, 0.1) is 26.0 Å². The second-order valence-corrected chi connectivity index (χ2v) is 8.45. The average molecular weight is 568 g/mol. The number of hydrazone groups is 1. The molecule has 0 saturated heterocycles. The monoisotopic (exact) mass is 567 g/mol. The lowest BCUT2D eigenvalue weighted by Crippen LogP contribution is -2.36. The molecule has 1 atom stereocenters. The quantitative estimate of drug-likeness (QED) is 0.392. The van der Waals surface area contributed by atoms with Crippen LogP contribution in [-0.4, -0.2) is 53.9 Å². The summed E-state index contributed by atoms with van der Waals surface area (Å²) in [6, 6.07) is 10.9. The van der Waals surface area contributed by atoms with Crippen molar-refractivity contribution in [2.75, 3.05) is 19.0 Å². The normalized spacial score (nSPS) is 14.9. The van der Waals surface area contributed by atoms with Crippen LogP contribution in [0.3, 0.4) is 0 Å². The van der Waals surface area contributed by atoms with E-state index in [1.807, 2.05) is 6.92 Å². The number of rotatable bonds is 9. The van der Waals surface area contributed by atoms with Gasteiger partial charge in [0.1, 0.15) is 0 Å². The molecule has 0 bridgehead atoms. The highest BCUT2D eigenvalue weighted by Gasteiger charge is 2.34. The maximum absolute atomic E-state index is 12.7. The number of nitrogens with one attached hydrogen (secondary N) is 1. The van der Waals surface area contributed by atoms with E-state index in [1.54, 1.807) is 38.1 Å². The van der Waals surface area contributed by atoms with Crippen molar-refractivity contribution in [3.63, 3.8) is 0 Å². The Labute approximate surface area is 229 Å². The highest BCUT2D eigenvalue weighted by Crippen LogP contribution is 2.35. The highest BCUT2D eigenvalue weighted by atomic mass is 19.4. The number of halogens is 3. The van der Waals surface area contributed by atoms with E-state index in [0.717, 1.165) is 5.56 Å². The van der Waals surface area contributed by atoms with Crippen molar-refractivity contribution in [2.45, 2.75) is 52.9 Å². The highest BCUT2D eigenvalue weighted by molar-refractivity contribution is 6.06. The van der Waals surface area contributed by atoms with Crippen molar-refractivity contribution in [3.05, 3.63) is 53.6 Å². The molecule has 2 amide bonds. The number of nitrogens with zero attached hydrogens (tertiary/aromatic N) is 2. The number of benzene rings is 2. The smallest absolute Gasteiger partial charge is 0.493 e. The van der Waals surface area contributed by atoms with E-state index in [-0.39, 0.29) is 43.6 Å². The van der Waals surface area contributed by atoms with Gasteiger partial charge in [-0.25, -0.2) is 9.80 Å². The Morgan fingerprint density at radius 1 is 1.10 bits per heavy atom. The molecule has 0 aromatic heterocycles. The maximum atomic E-state index is 12.7. The minimum absolute atomic E-state index is 0.0921. The molecule has 1 aliphatic heterocycles. The molecule has 13 heteroatoms. The van der Waals surface area contributed by atoms with Crippen LogP contribution in [0.15, 0.2) is 47.6 Å². The Bertz CT molecular complexity index is 1200. The van der Waals surface area contributed by atoms with E-state index in [0.29, 0.717) is 23.4 Å². The summed E-state index contributed by atoms with van der Waals surface area (Å²) in [5.74, 6) is -1.67. The Morgan fingerprint density at radius 2 is 1.75 bits per heavy atom. The van der Waals surface area contributed by atoms with Crippen LogP contribution < -0.4 is 14.8 Å². The number of alkyl halides is 3. The molecule has 0 aliphatic carbocycles. The lowest BCUT2D eigenvalue weighted by Gasteiger charge is -2.29. The first-order valence-electron chi connectivity index (χ1n) is 12.5. The molecular formula is C27H32F3N3O7. The molecule has 0 saturated carbocycles. The molecule has 218 valence electrons. The van der Waals surface area contributed by atoms with E-state index >= 15 is 0 Å². The van der Waals surface area contributed by atoms with Gasteiger partial charge < -0.3 is 19.3 Å². The molecule has 2 N–H and O–H groups in total. The largest absolute Gasteiger partial charge is 0.573 e. The van der Waals surface area contributed by atoms with E-state index < -0.39 is 24.2 Å². The number of hydrogen-bond acceptors (Lipinski definition) is 7. The number of carboxylic acid groups (broad SMARTS) is 1. The zero-order valence-corrected chi connectivity index (χ0v) is 22.6. The molecule has 0 fully saturated rings. The first-order valence-corrected chi connectivity index (χ1v) is 12.5. The number of carboxylic acids is 1. The summed E-state index contributed by atoms with van der Waals surface area (Å²) >= 11 is 0. The van der Waals surface area contributed by atoms with Crippen LogP contribution in [-0.2, 0) is 20.9 Å². The first-order chi connectivity index (χ1) is 18.9. The van der Waals surface area contributed by atoms with Gasteiger partial charge in [0, 0.05) is 30.0 Å². The van der Waals surface area contributed by atoms with Gasteiger partial charge in [-0.15, -0.1) is 13.2 Å². The van der Waals surface area contributed by atoms with Gasteiger partial charge in [-0.2, -0.15) is 5.10 Å². The fourth-order valence-electron chi connectivity index (χ4n) is 3.62. The molecule has 1 aliphatic rings. The Morgan fingerprint density at radius 3 is 2.27 bits per heavy atom. The molecule has 0 spiro atoms. The molecule has 1 heterocycles. The summed E-state index contributed by atoms with van der Waals surface area (Å²) in [5.41, 5.74) is 2.43. The minimum Gasteiger partial charge on any atom is -0.493 e. The lowest BCUT2D eigenvalue weighted by molar-refractivity contribution is -0.275. The predicted molar refractivity (Wildman–Crippen MR) is 140 cm³/mol. The van der Waals surface area contributed by atoms with Gasteiger partial charge in [-0.05, 0) is 49.2 Å². The number of methoxy groups -OCH3 is 1. The third-order valence-corrected chi connectivity index (χ3v) is 5.61. The maximum Gasteiger partial charge on any atom is 0.573 e. The standard InChI is InChI=1S/C24H26F3N3O5.C3H6O2/c1-4-16-13-21(31)30(14-15-6-9-18(10-7-15)28-23(32)34-5-2)29-22(16)17-8-11-19(20(12-17)33-3)35-24(25,26)27;1-2-3(4)5/h6-12,16H,4-5,13-14H2,1-3H3,(H,28,32);2H2,1H3,(H,4,5). The van der Waals surface area contributed by atoms with Crippen LogP contribution in [0.2, 0.25) is 0 Å². The molecule has 2 aromatic carbocycles. The van der Waals surface area contributed by atoms with Gasteiger partial charge >= 0.3 is 18.4 Å². The summed E-state index contributed by atoms with van der Waals surface area (Å²) in [6.07, 6.45) is -4.36. The number of amides is 2. The number of hydrogen-bond donors (Lipinski definition) is 2. The predicted octanol–water partition coefficient (Wildman–Crippen LogP) is 5.81. The summed E-state index contributed by atoms with van der Waals surface area (Å²) in [7, 11) is 1.25. The van der Waals surface area contributed by atoms with Crippen LogP contribution in [0, 0.1) is 5.92 Å². The SMILES string of the molecule is CCC(=O)O.CCOC(=O)Nc1ccc(CN2N=C(c3ccc(OC(F)(F)F)c(OC)c3)C(CC)CC2=O)cc1. The van der Waals surface area contributed by atoms with Crippen molar-refractivity contribution in [3.8, 4) is 11.5 Å². The van der Waals surface area contributed by atoms with Crippen molar-refractivity contribution in [1.29, 1.82) is 0 Å². The molecule has 40 heavy (non-hydrogen) atoms. The Hall–Kier alpha value is -4.29. The Kier molecular flexibility index (Phi) is 11.8. The second-order valence-electron chi connectivity index (χ2n) is 8.45. The van der Waals surface area contributed by atoms with Crippen LogP contribution in [0.1, 0.15) is 51.2 Å². The topological polar surface area (TPSA) is 127 Å². The van der Waals surface area contributed by atoms with Crippen LogP contribution in [0.5, 0.6) is 11.5 Å². The number of anilines is 1. The van der Waals surface area contributed by atoms with Gasteiger partial charge in [0.25, 0.3) is 0 Å². The van der Waals surface area contributed by atoms with Crippen LogP contribution in [0.25, 0.3) is 0 Å². The Balaban J connectivity index is 0.00000103. The number of carbonyl (C=O) groups is 3. The summed E-state index contributed by atoms with van der Waals surface area (Å²) in [6.45, 7) is 5.66.